The summed E-state index contributed by atoms with van der Waals surface area (Å²) in [6.45, 7) is 3.93. The van der Waals surface area contributed by atoms with E-state index in [2.05, 4.69) is 0 Å². The fraction of sp³-hybridized carbons (Fsp3) is 0.600. The average molecular weight is 254 g/mol. The Hall–Kier alpha value is -1.12. The summed E-state index contributed by atoms with van der Waals surface area (Å²) in [6, 6.07) is 5.91. The van der Waals surface area contributed by atoms with Crippen LogP contribution in [0.5, 0.6) is 5.75 Å². The average Bonchev–Trinajstić information content (AvgIpc) is 2.29. The molecule has 1 aliphatic rings. The molecular formula is C15H20F2O. The van der Waals surface area contributed by atoms with Gasteiger partial charge < -0.3 is 4.74 Å². The van der Waals surface area contributed by atoms with Crippen molar-refractivity contribution in [2.75, 3.05) is 7.11 Å². The minimum Gasteiger partial charge on any atom is -0.496 e. The minimum absolute atomic E-state index is 0.00133. The lowest BCUT2D eigenvalue weighted by Gasteiger charge is -2.35. The summed E-state index contributed by atoms with van der Waals surface area (Å²) in [7, 11) is 1.64. The maximum absolute atomic E-state index is 13.4. The zero-order valence-corrected chi connectivity index (χ0v) is 11.2. The molecule has 1 fully saturated rings. The molecule has 1 aromatic carbocycles. The molecular weight excluding hydrogens is 234 g/mol. The first kappa shape index (κ1) is 13.3. The molecule has 2 rings (SSSR count). The number of hydrogen-bond acceptors (Lipinski definition) is 1. The summed E-state index contributed by atoms with van der Waals surface area (Å²) >= 11 is 0. The van der Waals surface area contributed by atoms with Crippen LogP contribution in [-0.4, -0.2) is 13.0 Å². The van der Waals surface area contributed by atoms with Gasteiger partial charge in [-0.3, -0.25) is 0 Å². The zero-order valence-electron chi connectivity index (χ0n) is 11.2. The van der Waals surface area contributed by atoms with Gasteiger partial charge in [-0.2, -0.15) is 0 Å². The van der Waals surface area contributed by atoms with Crippen LogP contribution in [0, 0.1) is 12.8 Å². The Kier molecular flexibility index (Phi) is 3.60. The van der Waals surface area contributed by atoms with Gasteiger partial charge in [-0.05, 0) is 42.4 Å². The largest absolute Gasteiger partial charge is 0.496 e. The van der Waals surface area contributed by atoms with E-state index in [9.17, 15) is 8.78 Å². The fourth-order valence-electron chi connectivity index (χ4n) is 3.08. The van der Waals surface area contributed by atoms with Crippen molar-refractivity contribution in [2.24, 2.45) is 5.92 Å². The minimum atomic E-state index is -2.48. The molecule has 0 amide bonds. The van der Waals surface area contributed by atoms with Crippen LogP contribution < -0.4 is 4.74 Å². The summed E-state index contributed by atoms with van der Waals surface area (Å²) in [5.41, 5.74) is 2.25. The van der Waals surface area contributed by atoms with E-state index in [0.29, 0.717) is 6.42 Å². The predicted octanol–water partition coefficient (Wildman–Crippen LogP) is 4.54. The third-order valence-corrected chi connectivity index (χ3v) is 4.07. The normalized spacial score (nSPS) is 26.9. The van der Waals surface area contributed by atoms with E-state index in [0.717, 1.165) is 16.9 Å². The second-order valence-electron chi connectivity index (χ2n) is 5.36. The van der Waals surface area contributed by atoms with Gasteiger partial charge in [0.25, 0.3) is 0 Å². The highest BCUT2D eigenvalue weighted by molar-refractivity contribution is 5.41. The van der Waals surface area contributed by atoms with E-state index >= 15 is 0 Å². The molecule has 0 aromatic heterocycles. The molecule has 1 aliphatic carbocycles. The predicted molar refractivity (Wildman–Crippen MR) is 68.4 cm³/mol. The van der Waals surface area contributed by atoms with Crippen LogP contribution in [0.4, 0.5) is 8.78 Å². The summed E-state index contributed by atoms with van der Waals surface area (Å²) < 4.78 is 32.0. The molecule has 0 spiro atoms. The molecule has 1 aromatic rings. The van der Waals surface area contributed by atoms with E-state index in [1.165, 1.54) is 0 Å². The monoisotopic (exact) mass is 254 g/mol. The lowest BCUT2D eigenvalue weighted by atomic mass is 9.74. The van der Waals surface area contributed by atoms with Crippen LogP contribution in [-0.2, 0) is 0 Å². The fourth-order valence-corrected chi connectivity index (χ4v) is 3.08. The third-order valence-electron chi connectivity index (χ3n) is 4.07. The van der Waals surface area contributed by atoms with Crippen molar-refractivity contribution < 1.29 is 13.5 Å². The third kappa shape index (κ3) is 2.50. The number of rotatable bonds is 2. The van der Waals surface area contributed by atoms with Crippen LogP contribution in [0.15, 0.2) is 18.2 Å². The summed E-state index contributed by atoms with van der Waals surface area (Å²) in [4.78, 5) is 0. The van der Waals surface area contributed by atoms with E-state index < -0.39 is 5.92 Å². The molecule has 0 radical (unpaired) electrons. The Morgan fingerprint density at radius 1 is 1.33 bits per heavy atom. The van der Waals surface area contributed by atoms with E-state index in [4.69, 9.17) is 4.74 Å². The van der Waals surface area contributed by atoms with Gasteiger partial charge in [-0.1, -0.05) is 19.1 Å². The Morgan fingerprint density at radius 2 is 2.06 bits per heavy atom. The number of halogens is 2. The summed E-state index contributed by atoms with van der Waals surface area (Å²) in [5.74, 6) is -1.40. The first-order valence-electron chi connectivity index (χ1n) is 6.46. The maximum atomic E-state index is 13.4. The highest BCUT2D eigenvalue weighted by Gasteiger charge is 2.40. The van der Waals surface area contributed by atoms with Crippen molar-refractivity contribution in [1.82, 2.24) is 0 Å². The van der Waals surface area contributed by atoms with Gasteiger partial charge in [0.05, 0.1) is 7.11 Å². The second kappa shape index (κ2) is 4.87. The first-order valence-corrected chi connectivity index (χ1v) is 6.46. The SMILES string of the molecule is COc1cccc(C2CCC(F)(F)CC2C)c1C. The molecule has 0 saturated heterocycles. The number of ether oxygens (including phenoxy) is 1. The van der Waals surface area contributed by atoms with Gasteiger partial charge in [0.1, 0.15) is 5.75 Å². The lowest BCUT2D eigenvalue weighted by molar-refractivity contribution is -0.0556. The topological polar surface area (TPSA) is 9.23 Å². The molecule has 2 unspecified atom stereocenters. The molecule has 100 valence electrons. The van der Waals surface area contributed by atoms with Crippen molar-refractivity contribution in [3.63, 3.8) is 0 Å². The van der Waals surface area contributed by atoms with Gasteiger partial charge in [-0.15, -0.1) is 0 Å². The van der Waals surface area contributed by atoms with Crippen molar-refractivity contribution in [3.05, 3.63) is 29.3 Å². The standard InChI is InChI=1S/C15H20F2O/c1-10-9-15(16,17)8-7-12(10)13-5-4-6-14(18-3)11(13)2/h4-6,10,12H,7-9H2,1-3H3. The van der Waals surface area contributed by atoms with Crippen LogP contribution >= 0.6 is 0 Å². The smallest absolute Gasteiger partial charge is 0.248 e. The van der Waals surface area contributed by atoms with Crippen LogP contribution in [0.1, 0.15) is 43.2 Å². The van der Waals surface area contributed by atoms with Crippen LogP contribution in [0.2, 0.25) is 0 Å². The summed E-state index contributed by atoms with van der Waals surface area (Å²) in [5, 5.41) is 0. The van der Waals surface area contributed by atoms with Gasteiger partial charge >= 0.3 is 0 Å². The Labute approximate surface area is 107 Å². The molecule has 0 aliphatic heterocycles. The van der Waals surface area contributed by atoms with E-state index in [1.54, 1.807) is 7.11 Å². The Bertz CT molecular complexity index is 429. The molecule has 18 heavy (non-hydrogen) atoms. The molecule has 0 bridgehead atoms. The molecule has 1 nitrogen and oxygen atoms in total. The molecule has 3 heteroatoms. The van der Waals surface area contributed by atoms with Crippen LogP contribution in [0.3, 0.4) is 0 Å². The van der Waals surface area contributed by atoms with Gasteiger partial charge in [-0.25, -0.2) is 8.78 Å². The van der Waals surface area contributed by atoms with Crippen molar-refractivity contribution in [1.29, 1.82) is 0 Å². The van der Waals surface area contributed by atoms with Gasteiger partial charge in [0.2, 0.25) is 5.92 Å². The molecule has 2 atom stereocenters. The highest BCUT2D eigenvalue weighted by atomic mass is 19.3. The summed E-state index contributed by atoms with van der Waals surface area (Å²) in [6.07, 6.45) is 0.551. The lowest BCUT2D eigenvalue weighted by Crippen LogP contribution is -2.30. The molecule has 1 saturated carbocycles. The van der Waals surface area contributed by atoms with Crippen molar-refractivity contribution in [3.8, 4) is 5.75 Å². The Morgan fingerprint density at radius 3 is 2.67 bits per heavy atom. The van der Waals surface area contributed by atoms with Crippen molar-refractivity contribution in [2.45, 2.75) is 45.0 Å². The second-order valence-corrected chi connectivity index (χ2v) is 5.36. The first-order chi connectivity index (χ1) is 8.44. The molecule has 0 N–H and O–H groups in total. The number of alkyl halides is 2. The Balaban J connectivity index is 2.27. The molecule has 0 heterocycles. The van der Waals surface area contributed by atoms with E-state index in [-0.39, 0.29) is 24.7 Å². The quantitative estimate of drug-likeness (QED) is 0.752. The van der Waals surface area contributed by atoms with E-state index in [1.807, 2.05) is 32.0 Å². The number of methoxy groups -OCH3 is 1. The van der Waals surface area contributed by atoms with Gasteiger partial charge in [0, 0.05) is 12.8 Å². The van der Waals surface area contributed by atoms with Crippen LogP contribution in [0.25, 0.3) is 0 Å². The maximum Gasteiger partial charge on any atom is 0.248 e. The van der Waals surface area contributed by atoms with Gasteiger partial charge in [0.15, 0.2) is 0 Å². The number of hydrogen-bond donors (Lipinski definition) is 0. The zero-order chi connectivity index (χ0) is 13.3. The van der Waals surface area contributed by atoms with Crippen molar-refractivity contribution >= 4 is 0 Å². The number of benzene rings is 1. The highest BCUT2D eigenvalue weighted by Crippen LogP contribution is 2.46.